The molecule has 4 nitrogen and oxygen atoms in total. The molecule has 0 spiro atoms. The number of carbonyl (C=O) groups excluding carboxylic acids is 2. The van der Waals surface area contributed by atoms with Crippen molar-refractivity contribution in [1.29, 1.82) is 0 Å². The topological polar surface area (TPSA) is 55.4 Å². The molecule has 1 atom stereocenters. The Morgan fingerprint density at radius 3 is 2.58 bits per heavy atom. The van der Waals surface area contributed by atoms with Crippen LogP contribution in [-0.2, 0) is 14.3 Å². The van der Waals surface area contributed by atoms with Gasteiger partial charge in [0.1, 0.15) is 6.04 Å². The molecule has 0 rings (SSSR count). The zero-order valence-corrected chi connectivity index (χ0v) is 8.37. The molecular formula is C6H10ClNO3S. The largest absolute Gasteiger partial charge is 0.467 e. The van der Waals surface area contributed by atoms with Crippen LogP contribution in [0, 0.1) is 0 Å². The van der Waals surface area contributed by atoms with E-state index in [1.165, 1.54) is 14.0 Å². The molecule has 1 N–H and O–H groups in total. The minimum atomic E-state index is -0.657. The van der Waals surface area contributed by atoms with Gasteiger partial charge in [-0.3, -0.25) is 4.79 Å². The van der Waals surface area contributed by atoms with Gasteiger partial charge in [-0.1, -0.05) is 11.0 Å². The SMILES string of the molecule is COC(=O)[C@H](CSCl)NC(C)=O. The molecule has 0 aliphatic carbocycles. The van der Waals surface area contributed by atoms with E-state index in [9.17, 15) is 9.59 Å². The van der Waals surface area contributed by atoms with Crippen molar-refractivity contribution in [2.24, 2.45) is 0 Å². The average molecular weight is 212 g/mol. The van der Waals surface area contributed by atoms with Gasteiger partial charge in [-0.15, -0.1) is 0 Å². The molecule has 6 heteroatoms. The summed E-state index contributed by atoms with van der Waals surface area (Å²) < 4.78 is 4.44. The third kappa shape index (κ3) is 4.46. The lowest BCUT2D eigenvalue weighted by Crippen LogP contribution is -2.42. The maximum absolute atomic E-state index is 10.9. The molecule has 70 valence electrons. The van der Waals surface area contributed by atoms with Crippen molar-refractivity contribution in [2.45, 2.75) is 13.0 Å². The molecule has 0 saturated carbocycles. The Hall–Kier alpha value is -0.420. The Morgan fingerprint density at radius 1 is 1.67 bits per heavy atom. The van der Waals surface area contributed by atoms with Crippen LogP contribution in [0.1, 0.15) is 6.92 Å². The summed E-state index contributed by atoms with van der Waals surface area (Å²) in [5.41, 5.74) is 0. The summed E-state index contributed by atoms with van der Waals surface area (Å²) in [5, 5.41) is 2.41. The molecule has 0 unspecified atom stereocenters. The molecule has 1 amide bonds. The van der Waals surface area contributed by atoms with Crippen molar-refractivity contribution in [1.82, 2.24) is 5.32 Å². The highest BCUT2D eigenvalue weighted by Crippen LogP contribution is 2.08. The fraction of sp³-hybridized carbons (Fsp3) is 0.667. The van der Waals surface area contributed by atoms with Crippen molar-refractivity contribution in [2.75, 3.05) is 12.9 Å². The van der Waals surface area contributed by atoms with Gasteiger partial charge in [0, 0.05) is 12.7 Å². The van der Waals surface area contributed by atoms with Crippen LogP contribution in [0.2, 0.25) is 0 Å². The first kappa shape index (κ1) is 11.6. The molecule has 0 fully saturated rings. The lowest BCUT2D eigenvalue weighted by atomic mass is 10.3. The summed E-state index contributed by atoms with van der Waals surface area (Å²) >= 11 is 0. The number of hydrogen-bond donors (Lipinski definition) is 1. The van der Waals surface area contributed by atoms with E-state index in [2.05, 4.69) is 10.1 Å². The Kier molecular flexibility index (Phi) is 5.92. The predicted molar refractivity (Wildman–Crippen MR) is 47.9 cm³/mol. The van der Waals surface area contributed by atoms with Gasteiger partial charge in [-0.2, -0.15) is 0 Å². The van der Waals surface area contributed by atoms with E-state index in [-0.39, 0.29) is 5.91 Å². The summed E-state index contributed by atoms with van der Waals surface area (Å²) in [5.74, 6) is -0.470. The number of hydrogen-bond acceptors (Lipinski definition) is 4. The second-order valence-corrected chi connectivity index (χ2v) is 3.26. The highest BCUT2D eigenvalue weighted by Gasteiger charge is 2.19. The van der Waals surface area contributed by atoms with Gasteiger partial charge in [0.15, 0.2) is 0 Å². The molecule has 0 bridgehead atoms. The van der Waals surface area contributed by atoms with Crippen LogP contribution in [0.5, 0.6) is 0 Å². The first-order chi connectivity index (χ1) is 5.61. The lowest BCUT2D eigenvalue weighted by Gasteiger charge is -2.12. The van der Waals surface area contributed by atoms with Crippen LogP contribution in [0.25, 0.3) is 0 Å². The van der Waals surface area contributed by atoms with Gasteiger partial charge >= 0.3 is 5.97 Å². The zero-order valence-electron chi connectivity index (χ0n) is 6.80. The Morgan fingerprint density at radius 2 is 2.25 bits per heavy atom. The van der Waals surface area contributed by atoms with Gasteiger partial charge in [0.05, 0.1) is 7.11 Å². The molecule has 0 aromatic rings. The highest BCUT2D eigenvalue weighted by molar-refractivity contribution is 8.21. The fourth-order valence-corrected chi connectivity index (χ4v) is 1.34. The second-order valence-electron chi connectivity index (χ2n) is 2.05. The van der Waals surface area contributed by atoms with Gasteiger partial charge in [0.2, 0.25) is 5.91 Å². The molecule has 0 aliphatic heterocycles. The fourth-order valence-electron chi connectivity index (χ4n) is 0.619. The van der Waals surface area contributed by atoms with Gasteiger partial charge in [-0.25, -0.2) is 4.79 Å². The van der Waals surface area contributed by atoms with E-state index in [0.717, 1.165) is 11.0 Å². The van der Waals surface area contributed by atoms with Crippen molar-refractivity contribution < 1.29 is 14.3 Å². The maximum atomic E-state index is 10.9. The molecule has 0 saturated heterocycles. The van der Waals surface area contributed by atoms with Gasteiger partial charge in [-0.05, 0) is 10.7 Å². The van der Waals surface area contributed by atoms with Crippen molar-refractivity contribution in [3.8, 4) is 0 Å². The number of amides is 1. The Bertz CT molecular complexity index is 176. The minimum Gasteiger partial charge on any atom is -0.467 e. The summed E-state index contributed by atoms with van der Waals surface area (Å²) in [6.45, 7) is 1.33. The monoisotopic (exact) mass is 211 g/mol. The summed E-state index contributed by atoms with van der Waals surface area (Å²) in [6, 6.07) is -0.657. The van der Waals surface area contributed by atoms with E-state index < -0.39 is 12.0 Å². The van der Waals surface area contributed by atoms with E-state index in [1.807, 2.05) is 0 Å². The first-order valence-electron chi connectivity index (χ1n) is 3.20. The van der Waals surface area contributed by atoms with Crippen molar-refractivity contribution in [3.05, 3.63) is 0 Å². The van der Waals surface area contributed by atoms with Crippen LogP contribution in [0.4, 0.5) is 0 Å². The van der Waals surface area contributed by atoms with Gasteiger partial charge in [0.25, 0.3) is 0 Å². The highest BCUT2D eigenvalue weighted by atomic mass is 35.7. The number of methoxy groups -OCH3 is 1. The summed E-state index contributed by atoms with van der Waals surface area (Å²) in [7, 11) is 7.55. The zero-order chi connectivity index (χ0) is 9.56. The Labute approximate surface area is 79.5 Å². The van der Waals surface area contributed by atoms with Crippen molar-refractivity contribution in [3.63, 3.8) is 0 Å². The van der Waals surface area contributed by atoms with Crippen LogP contribution in [0.3, 0.4) is 0 Å². The number of rotatable bonds is 4. The minimum absolute atomic E-state index is 0.281. The van der Waals surface area contributed by atoms with Crippen molar-refractivity contribution >= 4 is 33.5 Å². The quantitative estimate of drug-likeness (QED) is 0.691. The van der Waals surface area contributed by atoms with E-state index in [1.54, 1.807) is 0 Å². The van der Waals surface area contributed by atoms with E-state index in [4.69, 9.17) is 10.7 Å². The normalized spacial score (nSPS) is 11.9. The summed E-state index contributed by atoms with van der Waals surface area (Å²) in [4.78, 5) is 21.5. The molecule has 0 heterocycles. The second kappa shape index (κ2) is 6.14. The molecule has 0 aliphatic rings. The molecule has 0 aromatic carbocycles. The maximum Gasteiger partial charge on any atom is 0.329 e. The standard InChI is InChI=1S/C6H10ClNO3S/c1-4(9)8-5(3-12-7)6(10)11-2/h5H,3H2,1-2H3,(H,8,9)/t5-/m0/s1. The number of halogens is 1. The molecular weight excluding hydrogens is 202 g/mol. The van der Waals surface area contributed by atoms with Crippen LogP contribution >= 0.6 is 21.7 Å². The number of nitrogens with one attached hydrogen (secondary N) is 1. The first-order valence-corrected chi connectivity index (χ1v) is 5.01. The Balaban J connectivity index is 4.02. The third-order valence-electron chi connectivity index (χ3n) is 1.09. The number of carbonyl (C=O) groups is 2. The van der Waals surface area contributed by atoms with Crippen LogP contribution in [-0.4, -0.2) is 30.8 Å². The van der Waals surface area contributed by atoms with Gasteiger partial charge < -0.3 is 10.1 Å². The lowest BCUT2D eigenvalue weighted by molar-refractivity contribution is -0.144. The number of ether oxygens (including phenoxy) is 1. The smallest absolute Gasteiger partial charge is 0.329 e. The van der Waals surface area contributed by atoms with Crippen LogP contribution in [0.15, 0.2) is 0 Å². The number of esters is 1. The average Bonchev–Trinajstić information content (AvgIpc) is 2.01. The predicted octanol–water partition coefficient (Wildman–Crippen LogP) is 0.551. The third-order valence-corrected chi connectivity index (χ3v) is 1.93. The van der Waals surface area contributed by atoms with Crippen LogP contribution < -0.4 is 5.32 Å². The molecule has 12 heavy (non-hydrogen) atoms. The summed E-state index contributed by atoms with van der Waals surface area (Å²) in [6.07, 6.45) is 0. The molecule has 0 radical (unpaired) electrons. The van der Waals surface area contributed by atoms with E-state index in [0.29, 0.717) is 5.75 Å². The molecule has 0 aromatic heterocycles. The van der Waals surface area contributed by atoms with E-state index >= 15 is 0 Å².